The molecular weight excluding hydrogens is 696 g/mol. The molecule has 54 heavy (non-hydrogen) atoms. The Balaban J connectivity index is 1.15. The maximum absolute atomic E-state index is 13.6. The maximum atomic E-state index is 13.6. The molecule has 0 saturated carbocycles. The quantitative estimate of drug-likeness (QED) is 0.151. The highest BCUT2D eigenvalue weighted by atomic mass is 16.5. The van der Waals surface area contributed by atoms with Crippen molar-refractivity contribution in [1.82, 2.24) is 38.7 Å². The second kappa shape index (κ2) is 13.0. The minimum Gasteiger partial charge on any atom is -0.489 e. The van der Waals surface area contributed by atoms with Crippen LogP contribution in [0, 0.1) is 13.8 Å². The number of amides is 4. The fraction of sp³-hybridized carbons (Fsp3) is 0.333. The van der Waals surface area contributed by atoms with Crippen LogP contribution in [0.25, 0.3) is 22.1 Å². The van der Waals surface area contributed by atoms with E-state index in [2.05, 4.69) is 20.8 Å². The van der Waals surface area contributed by atoms with E-state index in [1.165, 1.54) is 0 Å². The molecule has 4 aromatic heterocycles. The lowest BCUT2D eigenvalue weighted by molar-refractivity contribution is 0.0991. The fourth-order valence-corrected chi connectivity index (χ4v) is 7.38. The summed E-state index contributed by atoms with van der Waals surface area (Å²) >= 11 is 0. The van der Waals surface area contributed by atoms with Gasteiger partial charge in [0.05, 0.1) is 34.5 Å². The van der Waals surface area contributed by atoms with Crippen molar-refractivity contribution >= 4 is 57.6 Å². The summed E-state index contributed by atoms with van der Waals surface area (Å²) in [6, 6.07) is 9.08. The Morgan fingerprint density at radius 1 is 0.685 bits per heavy atom. The molecule has 8 rings (SSSR count). The van der Waals surface area contributed by atoms with E-state index in [0.717, 1.165) is 0 Å². The van der Waals surface area contributed by atoms with Gasteiger partial charge < -0.3 is 30.1 Å². The second-order valence-electron chi connectivity index (χ2n) is 13.4. The third-order valence-electron chi connectivity index (χ3n) is 9.81. The molecule has 0 fully saturated rings. The van der Waals surface area contributed by atoms with E-state index in [1.54, 1.807) is 45.8 Å². The highest BCUT2D eigenvalue weighted by molar-refractivity contribution is 6.05. The molecule has 18 heteroatoms. The van der Waals surface area contributed by atoms with E-state index in [9.17, 15) is 19.2 Å². The monoisotopic (exact) mass is 734 g/mol. The van der Waals surface area contributed by atoms with Crippen molar-refractivity contribution in [2.75, 3.05) is 23.8 Å². The number of primary amides is 2. The molecule has 2 aliphatic rings. The first-order valence-electron chi connectivity index (χ1n) is 17.6. The zero-order valence-electron chi connectivity index (χ0n) is 30.0. The molecule has 0 bridgehead atoms. The Kier molecular flexibility index (Phi) is 8.30. The zero-order valence-corrected chi connectivity index (χ0v) is 30.0. The lowest BCUT2D eigenvalue weighted by atomic mass is 10.0. The SMILES string of the molecule is CCn1nc(C)cc1C(=O)Nc1nc2cc(C(N)=O)cc3c2n1[C@H](CC[C@H]1COc2cc(C(N)=O)cc4nc(NC(=O)c5cc(C)nn5CC)n1c24)CO3. The summed E-state index contributed by atoms with van der Waals surface area (Å²) in [6.45, 7) is 8.83. The number of hydrogen-bond acceptors (Lipinski definition) is 10. The van der Waals surface area contributed by atoms with E-state index in [1.807, 2.05) is 36.8 Å². The highest BCUT2D eigenvalue weighted by Crippen LogP contribution is 2.42. The molecule has 278 valence electrons. The average molecular weight is 735 g/mol. The minimum atomic E-state index is -0.634. The summed E-state index contributed by atoms with van der Waals surface area (Å²) < 4.78 is 19.5. The number of carbonyl (C=O) groups excluding carboxylic acids is 4. The van der Waals surface area contributed by atoms with Gasteiger partial charge in [-0.1, -0.05) is 0 Å². The van der Waals surface area contributed by atoms with Crippen LogP contribution < -0.4 is 31.6 Å². The van der Waals surface area contributed by atoms with Gasteiger partial charge in [-0.05, 0) is 76.9 Å². The molecule has 0 saturated heterocycles. The number of nitrogens with two attached hydrogens (primary N) is 2. The van der Waals surface area contributed by atoms with E-state index in [4.69, 9.17) is 30.9 Å². The summed E-state index contributed by atoms with van der Waals surface area (Å²) in [5, 5.41) is 14.8. The molecule has 18 nitrogen and oxygen atoms in total. The smallest absolute Gasteiger partial charge is 0.276 e. The van der Waals surface area contributed by atoms with Crippen molar-refractivity contribution in [3.05, 3.63) is 70.3 Å². The third kappa shape index (κ3) is 5.75. The molecule has 2 aliphatic heterocycles. The summed E-state index contributed by atoms with van der Waals surface area (Å²) in [4.78, 5) is 61.2. The number of aromatic nitrogens is 8. The molecule has 6 N–H and O–H groups in total. The highest BCUT2D eigenvalue weighted by Gasteiger charge is 2.34. The molecule has 2 atom stereocenters. The van der Waals surface area contributed by atoms with Gasteiger partial charge in [-0.25, -0.2) is 9.97 Å². The number of anilines is 2. The van der Waals surface area contributed by atoms with Crippen molar-refractivity contribution in [2.24, 2.45) is 11.5 Å². The van der Waals surface area contributed by atoms with Gasteiger partial charge >= 0.3 is 0 Å². The molecule has 6 heterocycles. The molecular formula is C36H38N12O6. The number of rotatable bonds is 11. The number of imidazole rings is 2. The van der Waals surface area contributed by atoms with Gasteiger partial charge in [0.25, 0.3) is 11.8 Å². The molecule has 4 amide bonds. The largest absolute Gasteiger partial charge is 0.489 e. The standard InChI is InChI=1S/C36H38N12O6/c1-5-45-25(9-17(3)43-45)33(51)41-35-39-23-11-19(31(37)49)13-27-29(23)47(35)21(15-53-27)7-8-22-16-54-28-14-20(32(38)50)12-24-30(28)48(22)36(40-24)42-34(52)26-10-18(4)44-46(26)6-2/h9-14,21-22H,5-8,15-16H2,1-4H3,(H2,37,49)(H2,38,50)(H,39,41,51)(H,40,42,52)/t21-,22+. The lowest BCUT2D eigenvalue weighted by Crippen LogP contribution is -2.29. The number of hydrogen-bond donors (Lipinski definition) is 4. The number of aryl methyl sites for hydroxylation is 4. The Morgan fingerprint density at radius 3 is 1.46 bits per heavy atom. The van der Waals surface area contributed by atoms with Gasteiger partial charge in [0, 0.05) is 24.2 Å². The first kappa shape index (κ1) is 34.4. The Labute approximate surface area is 307 Å². The molecule has 0 radical (unpaired) electrons. The van der Waals surface area contributed by atoms with Crippen LogP contribution in [-0.2, 0) is 13.1 Å². The van der Waals surface area contributed by atoms with Crippen molar-refractivity contribution in [1.29, 1.82) is 0 Å². The van der Waals surface area contributed by atoms with Crippen molar-refractivity contribution in [3.8, 4) is 11.5 Å². The number of carbonyl (C=O) groups is 4. The molecule has 2 aromatic carbocycles. The molecule has 0 unspecified atom stereocenters. The van der Waals surface area contributed by atoms with Gasteiger partial charge in [0.1, 0.15) is 47.1 Å². The van der Waals surface area contributed by atoms with Crippen molar-refractivity contribution in [3.63, 3.8) is 0 Å². The van der Waals surface area contributed by atoms with Crippen LogP contribution in [0.15, 0.2) is 36.4 Å². The summed E-state index contributed by atoms with van der Waals surface area (Å²) in [7, 11) is 0. The van der Waals surface area contributed by atoms with Gasteiger partial charge in [0.2, 0.25) is 23.7 Å². The van der Waals surface area contributed by atoms with Crippen LogP contribution in [0.1, 0.15) is 91.9 Å². The number of benzene rings is 2. The van der Waals surface area contributed by atoms with Crippen molar-refractivity contribution in [2.45, 2.75) is 65.7 Å². The molecule has 6 aromatic rings. The van der Waals surface area contributed by atoms with Gasteiger partial charge in [-0.15, -0.1) is 0 Å². The maximum Gasteiger partial charge on any atom is 0.276 e. The predicted octanol–water partition coefficient (Wildman–Crippen LogP) is 3.49. The van der Waals surface area contributed by atoms with E-state index < -0.39 is 11.8 Å². The Morgan fingerprint density at radius 2 is 1.09 bits per heavy atom. The Bertz CT molecular complexity index is 2370. The van der Waals surface area contributed by atoms with Crippen LogP contribution in [0.2, 0.25) is 0 Å². The average Bonchev–Trinajstić information content (AvgIpc) is 3.92. The number of nitrogens with zero attached hydrogens (tertiary/aromatic N) is 8. The van der Waals surface area contributed by atoms with Crippen LogP contribution in [0.3, 0.4) is 0 Å². The lowest BCUT2D eigenvalue weighted by Gasteiger charge is -2.31. The molecule has 0 aliphatic carbocycles. The number of ether oxygens (including phenoxy) is 2. The summed E-state index contributed by atoms with van der Waals surface area (Å²) in [6.07, 6.45) is 1.02. The third-order valence-corrected chi connectivity index (χ3v) is 9.81. The molecule has 0 spiro atoms. The van der Waals surface area contributed by atoms with Crippen LogP contribution >= 0.6 is 0 Å². The van der Waals surface area contributed by atoms with Crippen molar-refractivity contribution < 1.29 is 28.7 Å². The van der Waals surface area contributed by atoms with Gasteiger partial charge in [-0.2, -0.15) is 10.2 Å². The Hall–Kier alpha value is -6.72. The zero-order chi connectivity index (χ0) is 38.0. The van der Waals surface area contributed by atoms with E-state index in [0.29, 0.717) is 82.3 Å². The first-order chi connectivity index (χ1) is 25.9. The normalized spacial score (nSPS) is 15.9. The predicted molar refractivity (Wildman–Crippen MR) is 196 cm³/mol. The topological polar surface area (TPSA) is 234 Å². The minimum absolute atomic E-state index is 0.199. The van der Waals surface area contributed by atoms with Crippen LogP contribution in [-0.4, -0.2) is 75.5 Å². The van der Waals surface area contributed by atoms with E-state index in [-0.39, 0.29) is 60.1 Å². The van der Waals surface area contributed by atoms with Gasteiger partial charge in [-0.3, -0.25) is 39.2 Å². The number of nitrogens with one attached hydrogen (secondary N) is 2. The second-order valence-corrected chi connectivity index (χ2v) is 13.4. The van der Waals surface area contributed by atoms with Gasteiger partial charge in [0.15, 0.2) is 0 Å². The first-order valence-corrected chi connectivity index (χ1v) is 17.6. The van der Waals surface area contributed by atoms with E-state index >= 15 is 0 Å². The summed E-state index contributed by atoms with van der Waals surface area (Å²) in [5.74, 6) is -0.656. The fourth-order valence-electron chi connectivity index (χ4n) is 7.38. The van der Waals surface area contributed by atoms with Crippen LogP contribution in [0.5, 0.6) is 11.5 Å². The van der Waals surface area contributed by atoms with Crippen LogP contribution in [0.4, 0.5) is 11.9 Å². The summed E-state index contributed by atoms with van der Waals surface area (Å²) in [5.41, 5.74) is 16.0.